The molecule has 4 nitrogen and oxygen atoms in total. The second kappa shape index (κ2) is 4.20. The number of amides is 1. The molecule has 1 amide bonds. The van der Waals surface area contributed by atoms with Crippen LogP contribution in [0.2, 0.25) is 5.15 Å². The van der Waals surface area contributed by atoms with Crippen molar-refractivity contribution in [3.63, 3.8) is 0 Å². The van der Waals surface area contributed by atoms with Gasteiger partial charge in [0.2, 0.25) is 0 Å². The van der Waals surface area contributed by atoms with Gasteiger partial charge in [-0.25, -0.2) is 9.99 Å². The Labute approximate surface area is 81.5 Å². The summed E-state index contributed by atoms with van der Waals surface area (Å²) in [6, 6.07) is 3.28. The number of halogens is 1. The van der Waals surface area contributed by atoms with Crippen LogP contribution in [-0.2, 0) is 0 Å². The molecule has 1 aromatic heterocycles. The summed E-state index contributed by atoms with van der Waals surface area (Å²) < 4.78 is 0. The highest BCUT2D eigenvalue weighted by atomic mass is 35.5. The highest BCUT2D eigenvalue weighted by Gasteiger charge is 2.10. The summed E-state index contributed by atoms with van der Waals surface area (Å²) in [6.45, 7) is 0. The van der Waals surface area contributed by atoms with Crippen molar-refractivity contribution < 1.29 is 4.79 Å². The molecule has 0 aliphatic rings. The average molecular weight is 200 g/mol. The number of hydrazine groups is 1. The Bertz CT molecular complexity index is 314. The van der Waals surface area contributed by atoms with E-state index in [0.29, 0.717) is 5.56 Å². The van der Waals surface area contributed by atoms with E-state index in [-0.39, 0.29) is 11.1 Å². The zero-order valence-electron chi connectivity index (χ0n) is 7.41. The standard InChI is InChI=1S/C8H10ClN3O/c1-12(2)11-8(13)6-4-3-5-10-7(6)9/h3-5H,1-2H3,(H,11,13). The van der Waals surface area contributed by atoms with Gasteiger partial charge in [0.15, 0.2) is 0 Å². The maximum absolute atomic E-state index is 11.4. The van der Waals surface area contributed by atoms with Gasteiger partial charge in [0.25, 0.3) is 5.91 Å². The Balaban J connectivity index is 2.83. The molecule has 0 saturated heterocycles. The van der Waals surface area contributed by atoms with Crippen molar-refractivity contribution in [2.45, 2.75) is 0 Å². The molecule has 0 bridgehead atoms. The van der Waals surface area contributed by atoms with Crippen LogP contribution in [0.5, 0.6) is 0 Å². The first-order valence-electron chi connectivity index (χ1n) is 3.70. The number of nitrogens with zero attached hydrogens (tertiary/aromatic N) is 2. The lowest BCUT2D eigenvalue weighted by atomic mass is 10.3. The topological polar surface area (TPSA) is 45.2 Å². The molecule has 1 aromatic rings. The van der Waals surface area contributed by atoms with Crippen LogP contribution >= 0.6 is 11.6 Å². The highest BCUT2D eigenvalue weighted by Crippen LogP contribution is 2.10. The molecular weight excluding hydrogens is 190 g/mol. The van der Waals surface area contributed by atoms with Gasteiger partial charge in [-0.15, -0.1) is 0 Å². The summed E-state index contributed by atoms with van der Waals surface area (Å²) in [5.74, 6) is -0.261. The molecule has 0 fully saturated rings. The van der Waals surface area contributed by atoms with Crippen LogP contribution in [0.3, 0.4) is 0 Å². The van der Waals surface area contributed by atoms with Gasteiger partial charge < -0.3 is 0 Å². The third-order valence-electron chi connectivity index (χ3n) is 1.33. The molecule has 1 rings (SSSR count). The molecule has 0 saturated carbocycles. The van der Waals surface area contributed by atoms with Crippen LogP contribution in [0, 0.1) is 0 Å². The Hall–Kier alpha value is -1.13. The highest BCUT2D eigenvalue weighted by molar-refractivity contribution is 6.32. The van der Waals surface area contributed by atoms with Crippen LogP contribution < -0.4 is 5.43 Å². The third-order valence-corrected chi connectivity index (χ3v) is 1.63. The number of hydrogen-bond donors (Lipinski definition) is 1. The first kappa shape index (κ1) is 9.95. The summed E-state index contributed by atoms with van der Waals surface area (Å²) in [5.41, 5.74) is 2.94. The van der Waals surface area contributed by atoms with E-state index in [2.05, 4.69) is 10.4 Å². The molecule has 0 radical (unpaired) electrons. The van der Waals surface area contributed by atoms with E-state index in [1.807, 2.05) is 0 Å². The maximum atomic E-state index is 11.4. The van der Waals surface area contributed by atoms with Crippen molar-refractivity contribution in [3.8, 4) is 0 Å². The molecule has 5 heteroatoms. The van der Waals surface area contributed by atoms with Gasteiger partial charge in [-0.1, -0.05) is 11.6 Å². The van der Waals surface area contributed by atoms with Gasteiger partial charge >= 0.3 is 0 Å². The largest absolute Gasteiger partial charge is 0.285 e. The fourth-order valence-electron chi connectivity index (χ4n) is 0.819. The lowest BCUT2D eigenvalue weighted by Crippen LogP contribution is -2.36. The minimum absolute atomic E-state index is 0.210. The van der Waals surface area contributed by atoms with Crippen molar-refractivity contribution in [2.75, 3.05) is 14.1 Å². The monoisotopic (exact) mass is 199 g/mol. The molecule has 0 spiro atoms. The third kappa shape index (κ3) is 2.68. The first-order valence-corrected chi connectivity index (χ1v) is 4.08. The summed E-state index contributed by atoms with van der Waals surface area (Å²) in [7, 11) is 3.45. The molecule has 1 N–H and O–H groups in total. The lowest BCUT2D eigenvalue weighted by molar-refractivity contribution is 0.0856. The van der Waals surface area contributed by atoms with E-state index >= 15 is 0 Å². The number of carbonyl (C=O) groups excluding carboxylic acids is 1. The quantitative estimate of drug-likeness (QED) is 0.570. The zero-order chi connectivity index (χ0) is 9.84. The molecule has 13 heavy (non-hydrogen) atoms. The normalized spacial score (nSPS) is 10.2. The Morgan fingerprint density at radius 2 is 2.31 bits per heavy atom. The number of carbonyl (C=O) groups is 1. The maximum Gasteiger partial charge on any atom is 0.268 e. The first-order chi connectivity index (χ1) is 6.11. The summed E-state index contributed by atoms with van der Waals surface area (Å²) in [5, 5.41) is 1.76. The fraction of sp³-hybridized carbons (Fsp3) is 0.250. The van der Waals surface area contributed by atoms with Crippen LogP contribution in [0.1, 0.15) is 10.4 Å². The van der Waals surface area contributed by atoms with Crippen LogP contribution in [0.4, 0.5) is 0 Å². The molecule has 1 heterocycles. The number of aromatic nitrogens is 1. The zero-order valence-corrected chi connectivity index (χ0v) is 8.17. The Kier molecular flexibility index (Phi) is 3.22. The van der Waals surface area contributed by atoms with Crippen LogP contribution in [-0.4, -0.2) is 30.0 Å². The molecule has 0 unspecified atom stereocenters. The van der Waals surface area contributed by atoms with Crippen molar-refractivity contribution in [1.82, 2.24) is 15.4 Å². The number of nitrogens with one attached hydrogen (secondary N) is 1. The Morgan fingerprint density at radius 3 is 2.85 bits per heavy atom. The number of hydrogen-bond acceptors (Lipinski definition) is 3. The van der Waals surface area contributed by atoms with Crippen LogP contribution in [0.25, 0.3) is 0 Å². The van der Waals surface area contributed by atoms with Crippen LogP contribution in [0.15, 0.2) is 18.3 Å². The number of rotatable bonds is 2. The summed E-state index contributed by atoms with van der Waals surface area (Å²) in [4.78, 5) is 15.2. The van der Waals surface area contributed by atoms with Gasteiger partial charge in [-0.2, -0.15) is 0 Å². The number of pyridine rings is 1. The molecule has 0 aromatic carbocycles. The molecule has 0 aliphatic heterocycles. The molecular formula is C8H10ClN3O. The minimum atomic E-state index is -0.261. The molecule has 0 atom stereocenters. The SMILES string of the molecule is CN(C)NC(=O)c1cccnc1Cl. The minimum Gasteiger partial charge on any atom is -0.285 e. The Morgan fingerprint density at radius 1 is 1.62 bits per heavy atom. The lowest BCUT2D eigenvalue weighted by Gasteiger charge is -2.11. The predicted molar refractivity (Wildman–Crippen MR) is 50.4 cm³/mol. The summed E-state index contributed by atoms with van der Waals surface area (Å²) >= 11 is 5.71. The average Bonchev–Trinajstić information content (AvgIpc) is 2.03. The van der Waals surface area contributed by atoms with Gasteiger partial charge in [0.1, 0.15) is 5.15 Å². The van der Waals surface area contributed by atoms with Crippen molar-refractivity contribution >= 4 is 17.5 Å². The van der Waals surface area contributed by atoms with E-state index < -0.39 is 0 Å². The second-order valence-corrected chi connectivity index (χ2v) is 3.04. The van der Waals surface area contributed by atoms with E-state index in [4.69, 9.17) is 11.6 Å². The van der Waals surface area contributed by atoms with Crippen molar-refractivity contribution in [3.05, 3.63) is 29.0 Å². The van der Waals surface area contributed by atoms with Gasteiger partial charge in [0.05, 0.1) is 5.56 Å². The molecule has 0 aliphatic carbocycles. The van der Waals surface area contributed by atoms with Crippen molar-refractivity contribution in [1.29, 1.82) is 0 Å². The van der Waals surface area contributed by atoms with E-state index in [1.54, 1.807) is 31.2 Å². The fourth-order valence-corrected chi connectivity index (χ4v) is 1.02. The molecule has 70 valence electrons. The van der Waals surface area contributed by atoms with E-state index in [9.17, 15) is 4.79 Å². The van der Waals surface area contributed by atoms with E-state index in [0.717, 1.165) is 0 Å². The van der Waals surface area contributed by atoms with E-state index in [1.165, 1.54) is 6.20 Å². The predicted octanol–water partition coefficient (Wildman–Crippen LogP) is 0.941. The van der Waals surface area contributed by atoms with Gasteiger partial charge in [0, 0.05) is 20.3 Å². The van der Waals surface area contributed by atoms with Crippen molar-refractivity contribution in [2.24, 2.45) is 0 Å². The summed E-state index contributed by atoms with van der Waals surface area (Å²) in [6.07, 6.45) is 1.54. The van der Waals surface area contributed by atoms with Gasteiger partial charge in [-0.05, 0) is 12.1 Å². The smallest absolute Gasteiger partial charge is 0.268 e. The van der Waals surface area contributed by atoms with Gasteiger partial charge in [-0.3, -0.25) is 10.2 Å². The second-order valence-electron chi connectivity index (χ2n) is 2.68.